The number of hydrogen-bond acceptors (Lipinski definition) is 4. The number of carboxylic acid groups (broad SMARTS) is 1. The zero-order chi connectivity index (χ0) is 12.1. The van der Waals surface area contributed by atoms with Crippen LogP contribution < -0.4 is 5.32 Å². The Morgan fingerprint density at radius 2 is 1.80 bits per heavy atom. The third-order valence-corrected chi connectivity index (χ3v) is 4.60. The maximum Gasteiger partial charge on any atom is 0.304 e. The Kier molecular flexibility index (Phi) is 5.23. The largest absolute Gasteiger partial charge is 0.481 e. The first-order valence-electron chi connectivity index (χ1n) is 4.81. The summed E-state index contributed by atoms with van der Waals surface area (Å²) in [6.45, 7) is 5.56. The number of aliphatic carboxylic acids is 1. The van der Waals surface area contributed by atoms with Crippen molar-refractivity contribution >= 4 is 15.8 Å². The van der Waals surface area contributed by atoms with Crippen molar-refractivity contribution in [1.82, 2.24) is 5.32 Å². The molecule has 0 fully saturated rings. The second kappa shape index (κ2) is 5.46. The van der Waals surface area contributed by atoms with Gasteiger partial charge in [0, 0.05) is 13.1 Å². The van der Waals surface area contributed by atoms with Crippen molar-refractivity contribution in [2.45, 2.75) is 31.9 Å². The van der Waals surface area contributed by atoms with Gasteiger partial charge in [-0.05, 0) is 20.8 Å². The molecule has 0 aliphatic heterocycles. The lowest BCUT2D eigenvalue weighted by Gasteiger charge is -2.19. The van der Waals surface area contributed by atoms with Crippen LogP contribution in [0.1, 0.15) is 27.2 Å². The molecule has 0 rings (SSSR count). The molecule has 0 aliphatic carbocycles. The van der Waals surface area contributed by atoms with Gasteiger partial charge in [-0.1, -0.05) is 0 Å². The molecule has 0 aromatic rings. The van der Waals surface area contributed by atoms with Gasteiger partial charge in [-0.2, -0.15) is 0 Å². The highest BCUT2D eigenvalue weighted by atomic mass is 32.2. The Balaban J connectivity index is 3.83. The van der Waals surface area contributed by atoms with Gasteiger partial charge >= 0.3 is 5.97 Å². The molecule has 0 radical (unpaired) electrons. The second-order valence-corrected chi connectivity index (χ2v) is 7.19. The van der Waals surface area contributed by atoms with Crippen molar-refractivity contribution in [3.63, 3.8) is 0 Å². The number of carbonyl (C=O) groups is 1. The summed E-state index contributed by atoms with van der Waals surface area (Å²) >= 11 is 0. The molecule has 0 amide bonds. The van der Waals surface area contributed by atoms with E-state index in [2.05, 4.69) is 5.32 Å². The van der Waals surface area contributed by atoms with Crippen LogP contribution >= 0.6 is 0 Å². The fourth-order valence-corrected chi connectivity index (χ4v) is 1.86. The predicted octanol–water partition coefficient (Wildman–Crippen LogP) is 0.264. The van der Waals surface area contributed by atoms with Crippen LogP contribution in [0.5, 0.6) is 0 Å². The maximum atomic E-state index is 11.6. The average molecular weight is 237 g/mol. The minimum absolute atomic E-state index is 0.00949. The van der Waals surface area contributed by atoms with E-state index in [-0.39, 0.29) is 12.2 Å². The summed E-state index contributed by atoms with van der Waals surface area (Å²) in [7, 11) is -3.11. The molecular formula is C9H19NO4S. The van der Waals surface area contributed by atoms with E-state index in [1.54, 1.807) is 20.8 Å². The molecule has 0 spiro atoms. The van der Waals surface area contributed by atoms with Crippen molar-refractivity contribution in [2.24, 2.45) is 0 Å². The summed E-state index contributed by atoms with van der Waals surface area (Å²) < 4.78 is 22.4. The Hall–Kier alpha value is -0.620. The molecule has 5 nitrogen and oxygen atoms in total. The van der Waals surface area contributed by atoms with Crippen LogP contribution in [-0.2, 0) is 14.6 Å². The minimum atomic E-state index is -3.11. The number of hydrogen-bond donors (Lipinski definition) is 2. The van der Waals surface area contributed by atoms with Gasteiger partial charge in [0.15, 0.2) is 9.84 Å². The van der Waals surface area contributed by atoms with E-state index in [0.29, 0.717) is 13.1 Å². The summed E-state index contributed by atoms with van der Waals surface area (Å²) in [6, 6.07) is 0. The molecule has 0 bridgehead atoms. The summed E-state index contributed by atoms with van der Waals surface area (Å²) in [5.41, 5.74) is 0. The molecule has 90 valence electrons. The fraction of sp³-hybridized carbons (Fsp3) is 0.889. The van der Waals surface area contributed by atoms with Gasteiger partial charge in [0.25, 0.3) is 0 Å². The summed E-state index contributed by atoms with van der Waals surface area (Å²) in [4.78, 5) is 10.2. The highest BCUT2D eigenvalue weighted by Gasteiger charge is 2.27. The normalized spacial score (nSPS) is 12.7. The molecule has 0 atom stereocenters. The van der Waals surface area contributed by atoms with Gasteiger partial charge < -0.3 is 10.4 Å². The van der Waals surface area contributed by atoms with E-state index < -0.39 is 20.6 Å². The van der Waals surface area contributed by atoms with E-state index in [1.807, 2.05) is 0 Å². The molecular weight excluding hydrogens is 218 g/mol. The lowest BCUT2D eigenvalue weighted by molar-refractivity contribution is -0.136. The SMILES string of the molecule is CC(C)(C)S(=O)(=O)CCNCCC(=O)O. The Labute approximate surface area is 90.8 Å². The van der Waals surface area contributed by atoms with Crippen LogP contribution in [0.4, 0.5) is 0 Å². The molecule has 0 aromatic heterocycles. The van der Waals surface area contributed by atoms with Gasteiger partial charge in [-0.3, -0.25) is 4.79 Å². The van der Waals surface area contributed by atoms with Crippen LogP contribution in [0, 0.1) is 0 Å². The fourth-order valence-electron chi connectivity index (χ4n) is 0.833. The van der Waals surface area contributed by atoms with Gasteiger partial charge in [0.1, 0.15) is 0 Å². The lowest BCUT2D eigenvalue weighted by atomic mass is 10.3. The van der Waals surface area contributed by atoms with Crippen molar-refractivity contribution in [2.75, 3.05) is 18.8 Å². The third kappa shape index (κ3) is 5.74. The summed E-state index contributed by atoms with van der Waals surface area (Å²) in [5.74, 6) is -0.850. The van der Waals surface area contributed by atoms with Crippen LogP contribution in [0.25, 0.3) is 0 Å². The van der Waals surface area contributed by atoms with Crippen LogP contribution in [0.15, 0.2) is 0 Å². The van der Waals surface area contributed by atoms with E-state index in [1.165, 1.54) is 0 Å². The van der Waals surface area contributed by atoms with E-state index in [0.717, 1.165) is 0 Å². The second-order valence-electron chi connectivity index (χ2n) is 4.32. The molecule has 15 heavy (non-hydrogen) atoms. The first kappa shape index (κ1) is 14.4. The number of carboxylic acids is 1. The number of rotatable bonds is 6. The zero-order valence-corrected chi connectivity index (χ0v) is 10.2. The first-order valence-corrected chi connectivity index (χ1v) is 6.47. The molecule has 0 saturated heterocycles. The summed E-state index contributed by atoms with van der Waals surface area (Å²) in [5, 5.41) is 11.1. The van der Waals surface area contributed by atoms with E-state index in [4.69, 9.17) is 5.11 Å². The smallest absolute Gasteiger partial charge is 0.304 e. The molecule has 0 unspecified atom stereocenters. The Morgan fingerprint density at radius 3 is 2.20 bits per heavy atom. The first-order chi connectivity index (χ1) is 6.67. The van der Waals surface area contributed by atoms with E-state index in [9.17, 15) is 13.2 Å². The monoisotopic (exact) mass is 237 g/mol. The van der Waals surface area contributed by atoms with Gasteiger partial charge in [0.05, 0.1) is 16.9 Å². The van der Waals surface area contributed by atoms with Gasteiger partial charge in [0.2, 0.25) is 0 Å². The van der Waals surface area contributed by atoms with E-state index >= 15 is 0 Å². The highest BCUT2D eigenvalue weighted by molar-refractivity contribution is 7.92. The average Bonchev–Trinajstić information content (AvgIpc) is 2.00. The molecule has 2 N–H and O–H groups in total. The molecule has 0 saturated carbocycles. The maximum absolute atomic E-state index is 11.6. The number of nitrogens with one attached hydrogen (secondary N) is 1. The van der Waals surface area contributed by atoms with Crippen molar-refractivity contribution in [3.8, 4) is 0 Å². The lowest BCUT2D eigenvalue weighted by Crippen LogP contribution is -2.35. The highest BCUT2D eigenvalue weighted by Crippen LogP contribution is 2.14. The Morgan fingerprint density at radius 1 is 1.27 bits per heavy atom. The summed E-state index contributed by atoms with van der Waals surface area (Å²) in [6.07, 6.45) is 0.00949. The molecule has 0 aromatic carbocycles. The van der Waals surface area contributed by atoms with Gasteiger partial charge in [-0.15, -0.1) is 0 Å². The van der Waals surface area contributed by atoms with Crippen LogP contribution in [0.3, 0.4) is 0 Å². The van der Waals surface area contributed by atoms with Crippen LogP contribution in [0.2, 0.25) is 0 Å². The van der Waals surface area contributed by atoms with Crippen LogP contribution in [-0.4, -0.2) is 43.1 Å². The molecule has 0 aliphatic rings. The molecule has 6 heteroatoms. The standard InChI is InChI=1S/C9H19NO4S/c1-9(2,3)15(13,14)7-6-10-5-4-8(11)12/h10H,4-7H2,1-3H3,(H,11,12). The van der Waals surface area contributed by atoms with Crippen molar-refractivity contribution in [1.29, 1.82) is 0 Å². The van der Waals surface area contributed by atoms with Crippen molar-refractivity contribution < 1.29 is 18.3 Å². The molecule has 0 heterocycles. The van der Waals surface area contributed by atoms with Gasteiger partial charge in [-0.25, -0.2) is 8.42 Å². The zero-order valence-electron chi connectivity index (χ0n) is 9.41. The Bertz CT molecular complexity index is 303. The quantitative estimate of drug-likeness (QED) is 0.648. The predicted molar refractivity (Wildman–Crippen MR) is 58.7 cm³/mol. The van der Waals surface area contributed by atoms with Crippen molar-refractivity contribution in [3.05, 3.63) is 0 Å². The minimum Gasteiger partial charge on any atom is -0.481 e. The third-order valence-electron chi connectivity index (χ3n) is 2.00. The topological polar surface area (TPSA) is 83.5 Å². The number of sulfone groups is 1.